The quantitative estimate of drug-likeness (QED) is 0.696. The first-order valence-electron chi connectivity index (χ1n) is 9.40. The monoisotopic (exact) mass is 385 g/mol. The van der Waals surface area contributed by atoms with Gasteiger partial charge < -0.3 is 9.47 Å². The third kappa shape index (κ3) is 2.81. The molecular weight excluding hydrogens is 358 g/mol. The van der Waals surface area contributed by atoms with E-state index in [-0.39, 0.29) is 5.41 Å². The number of benzene rings is 1. The Balaban J connectivity index is 1.53. The van der Waals surface area contributed by atoms with Crippen molar-refractivity contribution in [3.63, 3.8) is 0 Å². The predicted molar refractivity (Wildman–Crippen MR) is 111 cm³/mol. The van der Waals surface area contributed by atoms with E-state index in [0.29, 0.717) is 16.9 Å². The minimum atomic E-state index is 0.202. The molecule has 144 valence electrons. The van der Waals surface area contributed by atoms with Crippen LogP contribution in [0.5, 0.6) is 11.5 Å². The number of methoxy groups -OCH3 is 2. The third-order valence-electron chi connectivity index (χ3n) is 6.98. The average molecular weight is 386 g/mol. The SMILES string of the molecule is COc1ccc(-c2csc(N/N=C3\C[C@H]4CC[C@@]3(C)C4(C)C)n2)cc1OC. The van der Waals surface area contributed by atoms with Crippen molar-refractivity contribution in [1.29, 1.82) is 0 Å². The molecule has 1 N–H and O–H groups in total. The van der Waals surface area contributed by atoms with Crippen LogP contribution in [0.1, 0.15) is 40.0 Å². The average Bonchev–Trinajstić information content (AvgIpc) is 3.28. The van der Waals surface area contributed by atoms with Gasteiger partial charge >= 0.3 is 0 Å². The first kappa shape index (κ1) is 18.3. The van der Waals surface area contributed by atoms with E-state index in [1.54, 1.807) is 25.6 Å². The second-order valence-electron chi connectivity index (χ2n) is 8.27. The van der Waals surface area contributed by atoms with E-state index in [2.05, 4.69) is 26.2 Å². The fourth-order valence-electron chi connectivity index (χ4n) is 4.67. The summed E-state index contributed by atoms with van der Waals surface area (Å²) < 4.78 is 10.7. The van der Waals surface area contributed by atoms with Gasteiger partial charge in [0.15, 0.2) is 11.5 Å². The molecule has 4 rings (SSSR count). The van der Waals surface area contributed by atoms with E-state index in [1.807, 2.05) is 23.6 Å². The van der Waals surface area contributed by atoms with Crippen molar-refractivity contribution in [3.8, 4) is 22.8 Å². The summed E-state index contributed by atoms with van der Waals surface area (Å²) in [6.07, 6.45) is 3.66. The largest absolute Gasteiger partial charge is 0.493 e. The van der Waals surface area contributed by atoms with Gasteiger partial charge in [-0.05, 0) is 48.8 Å². The number of fused-ring (bicyclic) bond motifs is 2. The molecule has 5 nitrogen and oxygen atoms in total. The van der Waals surface area contributed by atoms with Crippen molar-refractivity contribution in [3.05, 3.63) is 23.6 Å². The van der Waals surface area contributed by atoms with Crippen molar-refractivity contribution in [2.45, 2.75) is 40.0 Å². The summed E-state index contributed by atoms with van der Waals surface area (Å²) in [6, 6.07) is 5.84. The lowest BCUT2D eigenvalue weighted by atomic mass is 9.70. The lowest BCUT2D eigenvalue weighted by molar-refractivity contribution is 0.194. The van der Waals surface area contributed by atoms with E-state index in [9.17, 15) is 0 Å². The second kappa shape index (κ2) is 6.51. The van der Waals surface area contributed by atoms with E-state index in [0.717, 1.165) is 28.7 Å². The predicted octanol–water partition coefficient (Wildman–Crippen LogP) is 5.44. The summed E-state index contributed by atoms with van der Waals surface area (Å²) >= 11 is 1.57. The van der Waals surface area contributed by atoms with Gasteiger partial charge in [-0.3, -0.25) is 5.43 Å². The maximum atomic E-state index is 5.39. The van der Waals surface area contributed by atoms with E-state index in [4.69, 9.17) is 19.6 Å². The molecule has 1 heterocycles. The number of anilines is 1. The Kier molecular flexibility index (Phi) is 4.41. The van der Waals surface area contributed by atoms with Crippen molar-refractivity contribution >= 4 is 22.2 Å². The van der Waals surface area contributed by atoms with Gasteiger partial charge in [0.2, 0.25) is 5.13 Å². The first-order chi connectivity index (χ1) is 12.9. The molecule has 0 amide bonds. The summed E-state index contributed by atoms with van der Waals surface area (Å²) in [4.78, 5) is 4.70. The highest BCUT2D eigenvalue weighted by Crippen LogP contribution is 2.63. The molecule has 6 heteroatoms. The van der Waals surface area contributed by atoms with Gasteiger partial charge in [0.25, 0.3) is 0 Å². The molecule has 2 aromatic rings. The third-order valence-corrected chi connectivity index (χ3v) is 7.73. The molecule has 27 heavy (non-hydrogen) atoms. The summed E-state index contributed by atoms with van der Waals surface area (Å²) in [7, 11) is 3.28. The van der Waals surface area contributed by atoms with Crippen LogP contribution in [0.15, 0.2) is 28.7 Å². The van der Waals surface area contributed by atoms with Crippen molar-refractivity contribution in [2.24, 2.45) is 21.8 Å². The van der Waals surface area contributed by atoms with Gasteiger partial charge in [-0.2, -0.15) is 5.10 Å². The maximum absolute atomic E-state index is 5.39. The van der Waals surface area contributed by atoms with Crippen molar-refractivity contribution in [2.75, 3.05) is 19.6 Å². The Morgan fingerprint density at radius 2 is 1.96 bits per heavy atom. The standard InChI is InChI=1S/C21H27N3O2S/c1-20(2)14-8-9-21(20,3)18(11-14)23-24-19-22-15(12-27-19)13-6-7-16(25-4)17(10-13)26-5/h6-7,10,12,14H,8-9,11H2,1-5H3,(H,22,24)/b23-18+/t14-,21-/m1/s1. The molecule has 1 aromatic heterocycles. The summed E-state index contributed by atoms with van der Waals surface area (Å²) in [5.41, 5.74) is 6.95. The topological polar surface area (TPSA) is 55.7 Å². The van der Waals surface area contributed by atoms with Crippen LogP contribution in [0.3, 0.4) is 0 Å². The van der Waals surface area contributed by atoms with Crippen LogP contribution in [-0.2, 0) is 0 Å². The number of thiazole rings is 1. The molecule has 0 aliphatic heterocycles. The highest BCUT2D eigenvalue weighted by molar-refractivity contribution is 7.14. The normalized spacial score (nSPS) is 27.1. The van der Waals surface area contributed by atoms with Crippen LogP contribution in [0.25, 0.3) is 11.3 Å². The van der Waals surface area contributed by atoms with Crippen LogP contribution in [0, 0.1) is 16.7 Å². The van der Waals surface area contributed by atoms with Crippen LogP contribution in [0.2, 0.25) is 0 Å². The zero-order chi connectivity index (χ0) is 19.2. The molecule has 2 aliphatic carbocycles. The van der Waals surface area contributed by atoms with Gasteiger partial charge in [-0.25, -0.2) is 4.98 Å². The van der Waals surface area contributed by atoms with Crippen LogP contribution < -0.4 is 14.9 Å². The van der Waals surface area contributed by atoms with E-state index >= 15 is 0 Å². The minimum absolute atomic E-state index is 0.202. The molecule has 2 atom stereocenters. The van der Waals surface area contributed by atoms with Crippen molar-refractivity contribution in [1.82, 2.24) is 4.98 Å². The molecule has 2 saturated carbocycles. The Bertz CT molecular complexity index is 889. The fraction of sp³-hybridized carbons (Fsp3) is 0.524. The smallest absolute Gasteiger partial charge is 0.203 e. The number of rotatable bonds is 5. The minimum Gasteiger partial charge on any atom is -0.493 e. The Hall–Kier alpha value is -2.08. The number of hydrogen-bond donors (Lipinski definition) is 1. The maximum Gasteiger partial charge on any atom is 0.203 e. The number of hydrazone groups is 1. The number of nitrogens with one attached hydrogen (secondary N) is 1. The lowest BCUT2D eigenvalue weighted by Gasteiger charge is -2.34. The molecule has 2 fully saturated rings. The van der Waals surface area contributed by atoms with Gasteiger partial charge in [-0.1, -0.05) is 20.8 Å². The molecular formula is C21H27N3O2S. The van der Waals surface area contributed by atoms with Crippen LogP contribution >= 0.6 is 11.3 Å². The molecule has 0 radical (unpaired) electrons. The van der Waals surface area contributed by atoms with Crippen molar-refractivity contribution < 1.29 is 9.47 Å². The first-order valence-corrected chi connectivity index (χ1v) is 10.3. The van der Waals surface area contributed by atoms with Gasteiger partial charge in [0.1, 0.15) is 0 Å². The van der Waals surface area contributed by atoms with Gasteiger partial charge in [-0.15, -0.1) is 11.3 Å². The lowest BCUT2D eigenvalue weighted by Crippen LogP contribution is -2.32. The molecule has 1 aromatic carbocycles. The van der Waals surface area contributed by atoms with Gasteiger partial charge in [0, 0.05) is 22.1 Å². The Labute approximate surface area is 164 Å². The zero-order valence-electron chi connectivity index (χ0n) is 16.6. The number of nitrogens with zero attached hydrogens (tertiary/aromatic N) is 2. The number of aromatic nitrogens is 1. The summed E-state index contributed by atoms with van der Waals surface area (Å²) in [6.45, 7) is 7.16. The summed E-state index contributed by atoms with van der Waals surface area (Å²) in [5, 5.41) is 7.64. The molecule has 0 spiro atoms. The van der Waals surface area contributed by atoms with E-state index in [1.165, 1.54) is 18.6 Å². The summed E-state index contributed by atoms with van der Waals surface area (Å²) in [5.74, 6) is 2.17. The van der Waals surface area contributed by atoms with Crippen LogP contribution in [0.4, 0.5) is 5.13 Å². The Morgan fingerprint density at radius 3 is 2.59 bits per heavy atom. The molecule has 0 unspecified atom stereocenters. The molecule has 2 aliphatic rings. The highest BCUT2D eigenvalue weighted by atomic mass is 32.1. The fourth-order valence-corrected chi connectivity index (χ4v) is 5.33. The van der Waals surface area contributed by atoms with E-state index < -0.39 is 0 Å². The van der Waals surface area contributed by atoms with Gasteiger partial charge in [0.05, 0.1) is 19.9 Å². The molecule has 2 bridgehead atoms. The zero-order valence-corrected chi connectivity index (χ0v) is 17.4. The van der Waals surface area contributed by atoms with Crippen LogP contribution in [-0.4, -0.2) is 24.9 Å². The second-order valence-corrected chi connectivity index (χ2v) is 9.13. The highest BCUT2D eigenvalue weighted by Gasteiger charge is 2.59. The number of hydrogen-bond acceptors (Lipinski definition) is 6. The Morgan fingerprint density at radius 1 is 1.19 bits per heavy atom. The molecule has 0 saturated heterocycles. The number of ether oxygens (including phenoxy) is 2.